The van der Waals surface area contributed by atoms with Gasteiger partial charge in [0.15, 0.2) is 0 Å². The molecule has 0 saturated heterocycles. The quantitative estimate of drug-likeness (QED) is 0.528. The van der Waals surface area contributed by atoms with E-state index in [1.165, 1.54) is 0 Å². The number of hydrogen-bond donors (Lipinski definition) is 0. The van der Waals surface area contributed by atoms with E-state index in [1.807, 2.05) is 0 Å². The van der Waals surface area contributed by atoms with Gasteiger partial charge in [-0.1, -0.05) is 6.42 Å². The van der Waals surface area contributed by atoms with Crippen LogP contribution in [0.25, 0.3) is 0 Å². The van der Waals surface area contributed by atoms with Gasteiger partial charge in [-0.2, -0.15) is 0 Å². The first-order valence-corrected chi connectivity index (χ1v) is 5.83. The highest BCUT2D eigenvalue weighted by molar-refractivity contribution is 5.82. The lowest BCUT2D eigenvalue weighted by Crippen LogP contribution is -2.32. The molecule has 2 fully saturated rings. The Morgan fingerprint density at radius 1 is 1.33 bits per heavy atom. The van der Waals surface area contributed by atoms with Gasteiger partial charge in [-0.25, -0.2) is 0 Å². The Bertz CT molecular complexity index is 273. The molecule has 2 saturated carbocycles. The molecule has 0 bridgehead atoms. The Morgan fingerprint density at radius 3 is 2.60 bits per heavy atom. The van der Waals surface area contributed by atoms with Crippen LogP contribution < -0.4 is 0 Å². The third kappa shape index (κ3) is 2.55. The van der Waals surface area contributed by atoms with E-state index in [0.717, 1.165) is 32.1 Å². The molecule has 2 aliphatic carbocycles. The molecule has 4 nitrogen and oxygen atoms in total. The van der Waals surface area contributed by atoms with Crippen LogP contribution in [0.15, 0.2) is 0 Å². The summed E-state index contributed by atoms with van der Waals surface area (Å²) in [5.41, 5.74) is 0. The number of carbonyl (C=O) groups excluding carboxylic acids is 1. The highest BCUT2D eigenvalue weighted by atomic mass is 16.6. The van der Waals surface area contributed by atoms with Crippen molar-refractivity contribution in [2.24, 2.45) is 17.8 Å². The molecule has 2 rings (SSSR count). The Hall–Kier alpha value is -0.930. The number of ketones is 1. The molecule has 0 N–H and O–H groups in total. The number of Topliss-reactive ketones (excluding diaryl/α,β-unsaturated/α-hetero) is 1. The minimum atomic E-state index is -0.245. The molecule has 2 aliphatic rings. The Labute approximate surface area is 89.2 Å². The Balaban J connectivity index is 2.01. The lowest BCUT2D eigenvalue weighted by atomic mass is 9.77. The van der Waals surface area contributed by atoms with Gasteiger partial charge in [0.05, 0.1) is 0 Å². The summed E-state index contributed by atoms with van der Waals surface area (Å²) < 4.78 is 0. The van der Waals surface area contributed by atoms with Crippen molar-refractivity contribution in [3.63, 3.8) is 0 Å². The maximum atomic E-state index is 11.7. The molecular formula is C11H17NO3. The van der Waals surface area contributed by atoms with Crippen LogP contribution >= 0.6 is 0 Å². The first kappa shape index (κ1) is 10.6. The van der Waals surface area contributed by atoms with Crippen molar-refractivity contribution in [2.75, 3.05) is 6.54 Å². The predicted molar refractivity (Wildman–Crippen MR) is 55.0 cm³/mol. The molecule has 15 heavy (non-hydrogen) atoms. The van der Waals surface area contributed by atoms with Crippen molar-refractivity contribution in [3.05, 3.63) is 10.1 Å². The molecule has 0 aliphatic heterocycles. The molecule has 4 heteroatoms. The SMILES string of the molecule is O=C1CCCCC1C(C[N+](=O)[O-])C1CC1. The van der Waals surface area contributed by atoms with Crippen LogP contribution in [0, 0.1) is 27.9 Å². The monoisotopic (exact) mass is 211 g/mol. The van der Waals surface area contributed by atoms with Crippen LogP contribution in [0.4, 0.5) is 0 Å². The van der Waals surface area contributed by atoms with Crippen LogP contribution in [0.5, 0.6) is 0 Å². The summed E-state index contributed by atoms with van der Waals surface area (Å²) in [5, 5.41) is 10.6. The smallest absolute Gasteiger partial charge is 0.207 e. The summed E-state index contributed by atoms with van der Waals surface area (Å²) in [6, 6.07) is 0. The van der Waals surface area contributed by atoms with Gasteiger partial charge in [0.1, 0.15) is 5.78 Å². The maximum Gasteiger partial charge on any atom is 0.207 e. The fraction of sp³-hybridized carbons (Fsp3) is 0.909. The molecule has 84 valence electrons. The molecular weight excluding hydrogens is 194 g/mol. The summed E-state index contributed by atoms with van der Waals surface area (Å²) in [6.45, 7) is 0.00106. The van der Waals surface area contributed by atoms with Crippen molar-refractivity contribution < 1.29 is 9.72 Å². The number of hydrogen-bond acceptors (Lipinski definition) is 3. The van der Waals surface area contributed by atoms with E-state index in [4.69, 9.17) is 0 Å². The number of carbonyl (C=O) groups is 1. The van der Waals surface area contributed by atoms with E-state index in [0.29, 0.717) is 12.3 Å². The first-order valence-electron chi connectivity index (χ1n) is 5.83. The van der Waals surface area contributed by atoms with E-state index >= 15 is 0 Å². The third-order valence-electron chi connectivity index (χ3n) is 3.71. The van der Waals surface area contributed by atoms with E-state index in [2.05, 4.69) is 0 Å². The van der Waals surface area contributed by atoms with Gasteiger partial charge in [-0.05, 0) is 31.6 Å². The molecule has 0 amide bonds. The van der Waals surface area contributed by atoms with Gasteiger partial charge in [0, 0.05) is 23.2 Å². The van der Waals surface area contributed by atoms with Gasteiger partial charge in [-0.15, -0.1) is 0 Å². The number of nitro groups is 1. The lowest BCUT2D eigenvalue weighted by Gasteiger charge is -2.26. The minimum absolute atomic E-state index is 0.00106. The van der Waals surface area contributed by atoms with Gasteiger partial charge in [0.2, 0.25) is 6.54 Å². The second kappa shape index (κ2) is 4.29. The highest BCUT2D eigenvalue weighted by Crippen LogP contribution is 2.43. The standard InChI is InChI=1S/C11H17NO3/c13-11-4-2-1-3-9(11)10(7-12(14)15)8-5-6-8/h8-10H,1-7H2. The van der Waals surface area contributed by atoms with Gasteiger partial charge in [0.25, 0.3) is 0 Å². The highest BCUT2D eigenvalue weighted by Gasteiger charge is 2.42. The van der Waals surface area contributed by atoms with E-state index in [-0.39, 0.29) is 29.1 Å². The van der Waals surface area contributed by atoms with Crippen LogP contribution in [0.1, 0.15) is 38.5 Å². The molecule has 2 atom stereocenters. The zero-order valence-corrected chi connectivity index (χ0v) is 8.85. The van der Waals surface area contributed by atoms with Crippen molar-refractivity contribution in [1.29, 1.82) is 0 Å². The number of nitrogens with zero attached hydrogens (tertiary/aromatic N) is 1. The van der Waals surface area contributed by atoms with E-state index < -0.39 is 0 Å². The first-order chi connectivity index (χ1) is 7.18. The molecule has 0 aromatic rings. The molecule has 0 aromatic carbocycles. The lowest BCUT2D eigenvalue weighted by molar-refractivity contribution is -0.490. The average Bonchev–Trinajstić information content (AvgIpc) is 2.98. The summed E-state index contributed by atoms with van der Waals surface area (Å²) in [4.78, 5) is 22.1. The minimum Gasteiger partial charge on any atom is -0.299 e. The zero-order chi connectivity index (χ0) is 10.8. The Kier molecular flexibility index (Phi) is 3.03. The fourth-order valence-corrected chi connectivity index (χ4v) is 2.76. The van der Waals surface area contributed by atoms with Crippen LogP contribution in [0.3, 0.4) is 0 Å². The normalized spacial score (nSPS) is 28.8. The summed E-state index contributed by atoms with van der Waals surface area (Å²) in [5.74, 6) is 0.770. The summed E-state index contributed by atoms with van der Waals surface area (Å²) in [7, 11) is 0. The molecule has 2 unspecified atom stereocenters. The average molecular weight is 211 g/mol. The van der Waals surface area contributed by atoms with Gasteiger partial charge in [-0.3, -0.25) is 14.9 Å². The maximum absolute atomic E-state index is 11.7. The van der Waals surface area contributed by atoms with E-state index in [1.54, 1.807) is 0 Å². The Morgan fingerprint density at radius 2 is 2.07 bits per heavy atom. The van der Waals surface area contributed by atoms with Crippen LogP contribution in [-0.2, 0) is 4.79 Å². The summed E-state index contributed by atoms with van der Waals surface area (Å²) in [6.07, 6.45) is 5.74. The van der Waals surface area contributed by atoms with Crippen molar-refractivity contribution in [1.82, 2.24) is 0 Å². The summed E-state index contributed by atoms with van der Waals surface area (Å²) >= 11 is 0. The largest absolute Gasteiger partial charge is 0.299 e. The topological polar surface area (TPSA) is 60.2 Å². The van der Waals surface area contributed by atoms with Crippen molar-refractivity contribution in [3.8, 4) is 0 Å². The predicted octanol–water partition coefficient (Wildman–Crippen LogP) is 2.05. The molecule has 0 heterocycles. The molecule has 0 spiro atoms. The molecule has 0 aromatic heterocycles. The molecule has 0 radical (unpaired) electrons. The van der Waals surface area contributed by atoms with Gasteiger partial charge >= 0.3 is 0 Å². The second-order valence-corrected chi connectivity index (χ2v) is 4.84. The van der Waals surface area contributed by atoms with E-state index in [9.17, 15) is 14.9 Å². The van der Waals surface area contributed by atoms with Gasteiger partial charge < -0.3 is 0 Å². The second-order valence-electron chi connectivity index (χ2n) is 4.84. The zero-order valence-electron chi connectivity index (χ0n) is 8.85. The van der Waals surface area contributed by atoms with Crippen LogP contribution in [-0.4, -0.2) is 17.3 Å². The van der Waals surface area contributed by atoms with Crippen LogP contribution in [0.2, 0.25) is 0 Å². The third-order valence-corrected chi connectivity index (χ3v) is 3.71. The fourth-order valence-electron chi connectivity index (χ4n) is 2.76. The van der Waals surface area contributed by atoms with Crippen molar-refractivity contribution >= 4 is 5.78 Å². The number of rotatable bonds is 4. The van der Waals surface area contributed by atoms with Crippen molar-refractivity contribution in [2.45, 2.75) is 38.5 Å².